The SMILES string of the molecule is CC1CN(Cc2ccccc2)CCCN1C(=O)Cc1cnc2ccccc2c1. The molecule has 144 valence electrons. The summed E-state index contributed by atoms with van der Waals surface area (Å²) in [6, 6.07) is 20.9. The number of benzene rings is 2. The third-order valence-corrected chi connectivity index (χ3v) is 5.50. The molecule has 4 rings (SSSR count). The monoisotopic (exact) mass is 373 g/mol. The van der Waals surface area contributed by atoms with Gasteiger partial charge in [0.25, 0.3) is 0 Å². The Hall–Kier alpha value is -2.72. The molecule has 1 atom stereocenters. The fourth-order valence-electron chi connectivity index (χ4n) is 4.09. The molecule has 2 heterocycles. The van der Waals surface area contributed by atoms with E-state index in [9.17, 15) is 4.79 Å². The molecule has 0 radical (unpaired) electrons. The lowest BCUT2D eigenvalue weighted by atomic mass is 10.1. The number of rotatable bonds is 4. The number of fused-ring (bicyclic) bond motifs is 1. The first-order valence-electron chi connectivity index (χ1n) is 10.1. The minimum atomic E-state index is 0.200. The highest BCUT2D eigenvalue weighted by molar-refractivity contribution is 5.82. The Morgan fingerprint density at radius 2 is 1.82 bits per heavy atom. The van der Waals surface area contributed by atoms with Crippen molar-refractivity contribution in [2.24, 2.45) is 0 Å². The van der Waals surface area contributed by atoms with Gasteiger partial charge in [-0.15, -0.1) is 0 Å². The van der Waals surface area contributed by atoms with Crippen LogP contribution in [-0.2, 0) is 17.8 Å². The molecule has 0 saturated carbocycles. The molecule has 3 aromatic rings. The molecule has 4 heteroatoms. The van der Waals surface area contributed by atoms with Gasteiger partial charge in [0.2, 0.25) is 5.91 Å². The number of nitrogens with zero attached hydrogens (tertiary/aromatic N) is 3. The van der Waals surface area contributed by atoms with Crippen molar-refractivity contribution in [1.82, 2.24) is 14.8 Å². The summed E-state index contributed by atoms with van der Waals surface area (Å²) in [6.07, 6.45) is 3.27. The lowest BCUT2D eigenvalue weighted by Gasteiger charge is -2.29. The number of carbonyl (C=O) groups is 1. The number of hydrogen-bond donors (Lipinski definition) is 0. The summed E-state index contributed by atoms with van der Waals surface area (Å²) in [7, 11) is 0. The van der Waals surface area contributed by atoms with E-state index in [1.165, 1.54) is 5.56 Å². The maximum atomic E-state index is 13.0. The number of amides is 1. The number of pyridine rings is 1. The zero-order valence-electron chi connectivity index (χ0n) is 16.4. The Kier molecular flexibility index (Phi) is 5.68. The standard InChI is InChI=1S/C24H27N3O/c1-19-17-26(18-20-8-3-2-4-9-20)12-7-13-27(19)24(28)15-21-14-22-10-5-6-11-23(22)25-16-21/h2-6,8-11,14,16,19H,7,12-13,15,17-18H2,1H3. The van der Waals surface area contributed by atoms with Gasteiger partial charge >= 0.3 is 0 Å². The smallest absolute Gasteiger partial charge is 0.227 e. The van der Waals surface area contributed by atoms with Gasteiger partial charge in [-0.05, 0) is 36.6 Å². The third kappa shape index (κ3) is 4.39. The second kappa shape index (κ2) is 8.53. The van der Waals surface area contributed by atoms with E-state index in [-0.39, 0.29) is 11.9 Å². The van der Waals surface area contributed by atoms with E-state index in [2.05, 4.69) is 58.1 Å². The van der Waals surface area contributed by atoms with Gasteiger partial charge in [-0.1, -0.05) is 48.5 Å². The normalized spacial score (nSPS) is 18.2. The highest BCUT2D eigenvalue weighted by Gasteiger charge is 2.25. The van der Waals surface area contributed by atoms with Crippen molar-refractivity contribution in [1.29, 1.82) is 0 Å². The van der Waals surface area contributed by atoms with Crippen molar-refractivity contribution >= 4 is 16.8 Å². The van der Waals surface area contributed by atoms with Gasteiger partial charge in [-0.25, -0.2) is 0 Å². The first kappa shape index (κ1) is 18.6. The van der Waals surface area contributed by atoms with E-state index >= 15 is 0 Å². The van der Waals surface area contributed by atoms with Crippen LogP contribution >= 0.6 is 0 Å². The van der Waals surface area contributed by atoms with Crippen molar-refractivity contribution in [3.63, 3.8) is 0 Å². The van der Waals surface area contributed by atoms with Gasteiger partial charge in [-0.3, -0.25) is 14.7 Å². The molecule has 28 heavy (non-hydrogen) atoms. The maximum Gasteiger partial charge on any atom is 0.227 e. The van der Waals surface area contributed by atoms with E-state index in [0.29, 0.717) is 6.42 Å². The predicted molar refractivity (Wildman–Crippen MR) is 113 cm³/mol. The first-order chi connectivity index (χ1) is 13.7. The predicted octanol–water partition coefficient (Wildman–Crippen LogP) is 3.90. The Morgan fingerprint density at radius 1 is 1.04 bits per heavy atom. The molecule has 1 aliphatic rings. The van der Waals surface area contributed by atoms with Gasteiger partial charge in [0.1, 0.15) is 0 Å². The average molecular weight is 374 g/mol. The lowest BCUT2D eigenvalue weighted by Crippen LogP contribution is -2.43. The Bertz CT molecular complexity index is 941. The summed E-state index contributed by atoms with van der Waals surface area (Å²) < 4.78 is 0. The van der Waals surface area contributed by atoms with Gasteiger partial charge in [0, 0.05) is 43.8 Å². The van der Waals surface area contributed by atoms with Gasteiger partial charge < -0.3 is 4.90 Å². The maximum absolute atomic E-state index is 13.0. The largest absolute Gasteiger partial charge is 0.338 e. The van der Waals surface area contributed by atoms with Crippen LogP contribution in [0.2, 0.25) is 0 Å². The molecule has 2 aromatic carbocycles. The van der Waals surface area contributed by atoms with Crippen LogP contribution in [-0.4, -0.2) is 46.4 Å². The average Bonchev–Trinajstić information content (AvgIpc) is 2.89. The molecular weight excluding hydrogens is 346 g/mol. The molecule has 0 spiro atoms. The molecule has 0 bridgehead atoms. The fraction of sp³-hybridized carbons (Fsp3) is 0.333. The van der Waals surface area contributed by atoms with Crippen molar-refractivity contribution in [3.8, 4) is 0 Å². The summed E-state index contributed by atoms with van der Waals surface area (Å²) in [5.41, 5.74) is 3.29. The van der Waals surface area contributed by atoms with Crippen LogP contribution < -0.4 is 0 Å². The van der Waals surface area contributed by atoms with Crippen LogP contribution in [0.4, 0.5) is 0 Å². The second-order valence-electron chi connectivity index (χ2n) is 7.72. The van der Waals surface area contributed by atoms with Crippen molar-refractivity contribution in [2.45, 2.75) is 32.4 Å². The number of carbonyl (C=O) groups excluding carboxylic acids is 1. The molecule has 1 aliphatic heterocycles. The van der Waals surface area contributed by atoms with Gasteiger partial charge in [0.15, 0.2) is 0 Å². The Balaban J connectivity index is 1.41. The van der Waals surface area contributed by atoms with Crippen LogP contribution in [0.1, 0.15) is 24.5 Å². The van der Waals surface area contributed by atoms with E-state index in [1.807, 2.05) is 30.5 Å². The first-order valence-corrected chi connectivity index (χ1v) is 10.1. The van der Waals surface area contributed by atoms with E-state index in [1.54, 1.807) is 0 Å². The molecule has 1 aromatic heterocycles. The van der Waals surface area contributed by atoms with Crippen LogP contribution in [0, 0.1) is 0 Å². The minimum Gasteiger partial charge on any atom is -0.338 e. The highest BCUT2D eigenvalue weighted by atomic mass is 16.2. The fourth-order valence-corrected chi connectivity index (χ4v) is 4.09. The molecule has 1 fully saturated rings. The van der Waals surface area contributed by atoms with Crippen LogP contribution in [0.5, 0.6) is 0 Å². The molecule has 4 nitrogen and oxygen atoms in total. The summed E-state index contributed by atoms with van der Waals surface area (Å²) in [5, 5.41) is 1.09. The Labute approximate surface area is 166 Å². The zero-order valence-corrected chi connectivity index (χ0v) is 16.4. The van der Waals surface area contributed by atoms with Crippen molar-refractivity contribution in [2.75, 3.05) is 19.6 Å². The lowest BCUT2D eigenvalue weighted by molar-refractivity contribution is -0.132. The zero-order chi connectivity index (χ0) is 19.3. The van der Waals surface area contributed by atoms with E-state index < -0.39 is 0 Å². The van der Waals surface area contributed by atoms with E-state index in [4.69, 9.17) is 0 Å². The van der Waals surface area contributed by atoms with Crippen LogP contribution in [0.15, 0.2) is 66.9 Å². The number of aromatic nitrogens is 1. The van der Waals surface area contributed by atoms with Gasteiger partial charge in [-0.2, -0.15) is 0 Å². The Morgan fingerprint density at radius 3 is 2.68 bits per heavy atom. The summed E-state index contributed by atoms with van der Waals surface area (Å²) in [5.74, 6) is 0.200. The van der Waals surface area contributed by atoms with Crippen molar-refractivity contribution < 1.29 is 4.79 Å². The molecule has 0 N–H and O–H groups in total. The molecular formula is C24H27N3O. The third-order valence-electron chi connectivity index (χ3n) is 5.50. The summed E-state index contributed by atoms with van der Waals surface area (Å²) in [4.78, 5) is 22.0. The number of hydrogen-bond acceptors (Lipinski definition) is 3. The van der Waals surface area contributed by atoms with Crippen molar-refractivity contribution in [3.05, 3.63) is 78.0 Å². The highest BCUT2D eigenvalue weighted by Crippen LogP contribution is 2.17. The van der Waals surface area contributed by atoms with Crippen LogP contribution in [0.25, 0.3) is 10.9 Å². The summed E-state index contributed by atoms with van der Waals surface area (Å²) >= 11 is 0. The molecule has 1 saturated heterocycles. The topological polar surface area (TPSA) is 36.4 Å². The number of para-hydroxylation sites is 1. The van der Waals surface area contributed by atoms with E-state index in [0.717, 1.165) is 49.1 Å². The molecule has 0 aliphatic carbocycles. The minimum absolute atomic E-state index is 0.200. The van der Waals surface area contributed by atoms with Crippen LogP contribution in [0.3, 0.4) is 0 Å². The molecule has 1 amide bonds. The second-order valence-corrected chi connectivity index (χ2v) is 7.72. The van der Waals surface area contributed by atoms with Gasteiger partial charge in [0.05, 0.1) is 11.9 Å². The quantitative estimate of drug-likeness (QED) is 0.696. The molecule has 1 unspecified atom stereocenters. The summed E-state index contributed by atoms with van der Waals surface area (Å²) in [6.45, 7) is 5.88.